The first-order valence-electron chi connectivity index (χ1n) is 5.85. The zero-order chi connectivity index (χ0) is 14.2. The van der Waals surface area contributed by atoms with Crippen LogP contribution in [0, 0.1) is 0 Å². The predicted molar refractivity (Wildman–Crippen MR) is 65.8 cm³/mol. The number of aliphatic hydroxyl groups is 2. The Morgan fingerprint density at radius 2 is 1.22 bits per heavy atom. The molecule has 0 atom stereocenters. The fourth-order valence-electron chi connectivity index (χ4n) is 0.638. The number of hydrogen-bond acceptors (Lipinski definition) is 6. The van der Waals surface area contributed by atoms with Gasteiger partial charge in [-0.3, -0.25) is 0 Å². The summed E-state index contributed by atoms with van der Waals surface area (Å²) >= 11 is 0. The summed E-state index contributed by atoms with van der Waals surface area (Å²) in [6.07, 6.45) is 3.68. The van der Waals surface area contributed by atoms with Crippen LogP contribution in [0.2, 0.25) is 0 Å². The van der Waals surface area contributed by atoms with Gasteiger partial charge in [0.2, 0.25) is 0 Å². The van der Waals surface area contributed by atoms with Gasteiger partial charge >= 0.3 is 11.9 Å². The third-order valence-corrected chi connectivity index (χ3v) is 1.35. The predicted octanol–water partition coefficient (Wildman–Crippen LogP) is 0.420. The summed E-state index contributed by atoms with van der Waals surface area (Å²) in [7, 11) is 0. The quantitative estimate of drug-likeness (QED) is 0.510. The number of ether oxygens (including phenoxy) is 2. The topological polar surface area (TPSA) is 93.1 Å². The Balaban J connectivity index is 0. The fourth-order valence-corrected chi connectivity index (χ4v) is 0.638. The van der Waals surface area contributed by atoms with Gasteiger partial charge in [0.05, 0.1) is 26.4 Å². The highest BCUT2D eigenvalue weighted by molar-refractivity contribution is 5.91. The van der Waals surface area contributed by atoms with Crippen LogP contribution >= 0.6 is 0 Å². The molecule has 0 aliphatic rings. The van der Waals surface area contributed by atoms with Gasteiger partial charge in [0, 0.05) is 12.2 Å². The summed E-state index contributed by atoms with van der Waals surface area (Å²) in [5.41, 5.74) is 0. The molecular formula is C12H22O6. The maximum absolute atomic E-state index is 10.9. The number of carbonyl (C=O) groups excluding carboxylic acids is 2. The minimum Gasteiger partial charge on any atom is -0.463 e. The van der Waals surface area contributed by atoms with Gasteiger partial charge in [0.1, 0.15) is 0 Å². The minimum atomic E-state index is -0.514. The second-order valence-electron chi connectivity index (χ2n) is 3.12. The first kappa shape index (κ1) is 19.0. The Kier molecular flexibility index (Phi) is 16.4. The van der Waals surface area contributed by atoms with Crippen LogP contribution in [0.4, 0.5) is 0 Å². The second kappa shape index (κ2) is 15.6. The third-order valence-electron chi connectivity index (χ3n) is 1.35. The van der Waals surface area contributed by atoms with Crippen LogP contribution in [0.25, 0.3) is 0 Å². The van der Waals surface area contributed by atoms with Crippen molar-refractivity contribution in [1.29, 1.82) is 0 Å². The molecule has 0 radical (unpaired) electrons. The van der Waals surface area contributed by atoms with Crippen molar-refractivity contribution in [2.24, 2.45) is 0 Å². The van der Waals surface area contributed by atoms with Gasteiger partial charge in [-0.25, -0.2) is 9.59 Å². The molecule has 6 heteroatoms. The van der Waals surface area contributed by atoms with Crippen molar-refractivity contribution in [3.05, 3.63) is 12.2 Å². The first-order valence-corrected chi connectivity index (χ1v) is 5.85. The summed E-state index contributed by atoms with van der Waals surface area (Å²) in [4.78, 5) is 21.7. The Labute approximate surface area is 107 Å². The molecule has 0 spiro atoms. The lowest BCUT2D eigenvalue weighted by atomic mass is 10.5. The third kappa shape index (κ3) is 17.0. The van der Waals surface area contributed by atoms with Crippen LogP contribution in [0.5, 0.6) is 0 Å². The standard InChI is InChI=1S/C10H16O4.C2H6O2/c1-3-7-13-9(11)5-6-10(12)14-8-4-2;3-1-2-4/h5-6H,3-4,7-8H2,1-2H3;3-4H,1-2H2/b6-5-;. The Bertz CT molecular complexity index is 213. The molecule has 2 N–H and O–H groups in total. The van der Waals surface area contributed by atoms with E-state index in [1.165, 1.54) is 0 Å². The maximum Gasteiger partial charge on any atom is 0.331 e. The average molecular weight is 262 g/mol. The number of aliphatic hydroxyl groups excluding tert-OH is 2. The van der Waals surface area contributed by atoms with E-state index in [-0.39, 0.29) is 13.2 Å². The molecule has 0 unspecified atom stereocenters. The zero-order valence-electron chi connectivity index (χ0n) is 10.9. The van der Waals surface area contributed by atoms with Gasteiger partial charge in [-0.05, 0) is 12.8 Å². The van der Waals surface area contributed by atoms with E-state index in [2.05, 4.69) is 0 Å². The van der Waals surface area contributed by atoms with Gasteiger partial charge in [-0.2, -0.15) is 0 Å². The molecule has 0 bridgehead atoms. The van der Waals surface area contributed by atoms with Gasteiger partial charge < -0.3 is 19.7 Å². The van der Waals surface area contributed by atoms with Crippen LogP contribution in [-0.4, -0.2) is 48.6 Å². The molecule has 0 aliphatic carbocycles. The average Bonchev–Trinajstić information content (AvgIpc) is 2.40. The van der Waals surface area contributed by atoms with E-state index in [1.54, 1.807) is 0 Å². The van der Waals surface area contributed by atoms with Crippen molar-refractivity contribution in [1.82, 2.24) is 0 Å². The summed E-state index contributed by atoms with van der Waals surface area (Å²) in [6.45, 7) is 4.28. The molecule has 0 fully saturated rings. The molecule has 0 saturated heterocycles. The van der Waals surface area contributed by atoms with Crippen LogP contribution in [0.3, 0.4) is 0 Å². The SMILES string of the molecule is CCCOC(=O)/C=C\C(=O)OCCC.OCCO. The zero-order valence-corrected chi connectivity index (χ0v) is 10.9. The van der Waals surface area contributed by atoms with Crippen molar-refractivity contribution in [3.63, 3.8) is 0 Å². The Hall–Kier alpha value is -1.40. The van der Waals surface area contributed by atoms with Gasteiger partial charge in [0.25, 0.3) is 0 Å². The molecule has 0 saturated carbocycles. The lowest BCUT2D eigenvalue weighted by Crippen LogP contribution is -2.05. The van der Waals surface area contributed by atoms with Crippen molar-refractivity contribution in [3.8, 4) is 0 Å². The minimum absolute atomic E-state index is 0.125. The summed E-state index contributed by atoms with van der Waals surface area (Å²) in [5, 5.41) is 15.2. The molecule has 6 nitrogen and oxygen atoms in total. The largest absolute Gasteiger partial charge is 0.463 e. The molecule has 0 aliphatic heterocycles. The fraction of sp³-hybridized carbons (Fsp3) is 0.667. The van der Waals surface area contributed by atoms with E-state index in [1.807, 2.05) is 13.8 Å². The molecule has 0 aromatic carbocycles. The second-order valence-corrected chi connectivity index (χ2v) is 3.12. The Morgan fingerprint density at radius 1 is 0.889 bits per heavy atom. The number of rotatable bonds is 7. The number of esters is 2. The molecule has 0 aromatic rings. The van der Waals surface area contributed by atoms with E-state index in [4.69, 9.17) is 19.7 Å². The Morgan fingerprint density at radius 3 is 1.44 bits per heavy atom. The van der Waals surface area contributed by atoms with Crippen molar-refractivity contribution < 1.29 is 29.3 Å². The summed E-state index contributed by atoms with van der Waals surface area (Å²) in [5.74, 6) is -1.03. The molecule has 0 aromatic heterocycles. The number of carbonyl (C=O) groups is 2. The van der Waals surface area contributed by atoms with Crippen LogP contribution < -0.4 is 0 Å². The van der Waals surface area contributed by atoms with E-state index < -0.39 is 11.9 Å². The molecule has 0 heterocycles. The van der Waals surface area contributed by atoms with E-state index in [0.29, 0.717) is 13.2 Å². The molecule has 18 heavy (non-hydrogen) atoms. The summed E-state index contributed by atoms with van der Waals surface area (Å²) < 4.78 is 9.43. The normalized spacial score (nSPS) is 9.56. The van der Waals surface area contributed by atoms with Crippen molar-refractivity contribution in [2.45, 2.75) is 26.7 Å². The molecule has 106 valence electrons. The van der Waals surface area contributed by atoms with E-state index in [0.717, 1.165) is 25.0 Å². The monoisotopic (exact) mass is 262 g/mol. The highest BCUT2D eigenvalue weighted by Crippen LogP contribution is 1.88. The van der Waals surface area contributed by atoms with Crippen molar-refractivity contribution in [2.75, 3.05) is 26.4 Å². The smallest absolute Gasteiger partial charge is 0.331 e. The van der Waals surface area contributed by atoms with Crippen molar-refractivity contribution >= 4 is 11.9 Å². The van der Waals surface area contributed by atoms with E-state index in [9.17, 15) is 9.59 Å². The van der Waals surface area contributed by atoms with Crippen LogP contribution in [0.1, 0.15) is 26.7 Å². The van der Waals surface area contributed by atoms with Crippen LogP contribution in [-0.2, 0) is 19.1 Å². The lowest BCUT2D eigenvalue weighted by molar-refractivity contribution is -0.140. The van der Waals surface area contributed by atoms with Gasteiger partial charge in [-0.1, -0.05) is 13.8 Å². The van der Waals surface area contributed by atoms with Gasteiger partial charge in [0.15, 0.2) is 0 Å². The van der Waals surface area contributed by atoms with Crippen LogP contribution in [0.15, 0.2) is 12.2 Å². The highest BCUT2D eigenvalue weighted by Gasteiger charge is 1.99. The lowest BCUT2D eigenvalue weighted by Gasteiger charge is -1.98. The first-order chi connectivity index (χ1) is 8.62. The van der Waals surface area contributed by atoms with E-state index >= 15 is 0 Å². The molecule has 0 amide bonds. The molecule has 0 rings (SSSR count). The maximum atomic E-state index is 10.9. The highest BCUT2D eigenvalue weighted by atomic mass is 16.5. The molecular weight excluding hydrogens is 240 g/mol. The summed E-state index contributed by atoms with van der Waals surface area (Å²) in [6, 6.07) is 0. The van der Waals surface area contributed by atoms with Gasteiger partial charge in [-0.15, -0.1) is 0 Å². The number of hydrogen-bond donors (Lipinski definition) is 2.